The lowest BCUT2D eigenvalue weighted by molar-refractivity contribution is -0.599. The van der Waals surface area contributed by atoms with Crippen LogP contribution in [0.15, 0.2) is 219 Å². The van der Waals surface area contributed by atoms with Gasteiger partial charge in [-0.3, -0.25) is 13.7 Å². The smallest absolute Gasteiger partial charge is 0.269 e. The summed E-state index contributed by atoms with van der Waals surface area (Å²) in [6, 6.07) is 74.2. The third-order valence-corrected chi connectivity index (χ3v) is 15.3. The van der Waals surface area contributed by atoms with Crippen LogP contribution >= 0.6 is 0 Å². The summed E-state index contributed by atoms with van der Waals surface area (Å²) in [4.78, 5) is 5.01. The highest BCUT2D eigenvalue weighted by Gasteiger charge is 2.31. The maximum Gasteiger partial charge on any atom is 0.269 e. The largest absolute Gasteiger partial charge is 0.458 e. The van der Waals surface area contributed by atoms with Gasteiger partial charge >= 0.3 is 0 Å². The number of benzene rings is 8. The van der Waals surface area contributed by atoms with Crippen molar-refractivity contribution >= 4 is 21.8 Å². The van der Waals surface area contributed by atoms with Gasteiger partial charge < -0.3 is 4.74 Å². The van der Waals surface area contributed by atoms with Crippen molar-refractivity contribution in [3.05, 3.63) is 258 Å². The van der Waals surface area contributed by atoms with Gasteiger partial charge in [0.25, 0.3) is 6.33 Å². The molecule has 0 bridgehead atoms. The molecule has 75 heavy (non-hydrogen) atoms. The van der Waals surface area contributed by atoms with Gasteiger partial charge in [0.1, 0.15) is 17.3 Å². The molecule has 0 radical (unpaired) electrons. The van der Waals surface area contributed by atoms with Gasteiger partial charge in [-0.15, -0.1) is 0 Å². The van der Waals surface area contributed by atoms with E-state index in [0.29, 0.717) is 5.75 Å². The van der Waals surface area contributed by atoms with Gasteiger partial charge in [0, 0.05) is 40.1 Å². The molecule has 0 unspecified atom stereocenters. The third-order valence-electron chi connectivity index (χ3n) is 15.3. The Balaban J connectivity index is 1.10. The first-order valence-corrected chi connectivity index (χ1v) is 26.3. The van der Waals surface area contributed by atoms with Crippen molar-refractivity contribution < 1.29 is 9.30 Å². The Bertz CT molecular complexity index is 3850. The predicted molar refractivity (Wildman–Crippen MR) is 310 cm³/mol. The van der Waals surface area contributed by atoms with E-state index in [4.69, 9.17) is 9.72 Å². The molecule has 0 aliphatic heterocycles. The Kier molecular flexibility index (Phi) is 12.3. The molecule has 0 saturated carbocycles. The summed E-state index contributed by atoms with van der Waals surface area (Å²) in [6.07, 6.45) is 8.13. The lowest BCUT2D eigenvalue weighted by Crippen LogP contribution is -2.30. The second-order valence-electron chi connectivity index (χ2n) is 23.3. The van der Waals surface area contributed by atoms with Crippen LogP contribution in [0.4, 0.5) is 0 Å². The quantitative estimate of drug-likeness (QED) is 0.0956. The Labute approximate surface area is 443 Å². The highest BCUT2D eigenvalue weighted by atomic mass is 16.5. The van der Waals surface area contributed by atoms with Crippen LogP contribution in [-0.4, -0.2) is 14.1 Å². The molecule has 3 aromatic heterocycles. The molecule has 372 valence electrons. The van der Waals surface area contributed by atoms with E-state index in [0.717, 1.165) is 67.3 Å². The maximum atomic E-state index is 7.15. The molecule has 0 fully saturated rings. The molecular weight excluding hydrogens is 913 g/mol. The molecular formula is C70H66N4O. The van der Waals surface area contributed by atoms with E-state index in [9.17, 15) is 0 Å². The first-order chi connectivity index (χ1) is 35.9. The number of imidazole rings is 1. The van der Waals surface area contributed by atoms with Gasteiger partial charge in [0.2, 0.25) is 0 Å². The molecule has 0 atom stereocenters. The fraction of sp³-hybridized carbons (Fsp3) is 0.200. The second kappa shape index (κ2) is 18.9. The standard InChI is InChI=1S/C70H66N4O/c1-67(2,3)54-31-34-63-62(42-54)61-33-32-59(45-64(61)74(63)66-43-55(35-36-71-66)68(4,5)6)75-60-40-51(49-25-17-12-18-26-49)39-58(44-60)73-47-72(46-65(73)70(9,10)53-29-21-14-22-30-53)57-38-50(48-23-15-11-16-24-48)37-56(41-57)69(7,8)52-27-19-13-20-28-52/h11-46H,1-10H3. The van der Waals surface area contributed by atoms with Crippen molar-refractivity contribution in [1.29, 1.82) is 0 Å². The number of ether oxygens (including phenoxy) is 1. The molecule has 0 amide bonds. The topological polar surface area (TPSA) is 35.9 Å². The van der Waals surface area contributed by atoms with Gasteiger partial charge in [-0.2, -0.15) is 0 Å². The Hall–Kier alpha value is -8.28. The van der Waals surface area contributed by atoms with E-state index in [1.807, 2.05) is 6.20 Å². The molecule has 11 rings (SSSR count). The van der Waals surface area contributed by atoms with Crippen LogP contribution in [-0.2, 0) is 21.7 Å². The van der Waals surface area contributed by atoms with Gasteiger partial charge in [0.15, 0.2) is 0 Å². The van der Waals surface area contributed by atoms with Crippen molar-refractivity contribution in [3.63, 3.8) is 0 Å². The Morgan fingerprint density at radius 1 is 0.427 bits per heavy atom. The van der Waals surface area contributed by atoms with Crippen LogP contribution in [0.3, 0.4) is 0 Å². The molecule has 5 heteroatoms. The number of aromatic nitrogens is 4. The second-order valence-corrected chi connectivity index (χ2v) is 23.3. The number of nitrogens with zero attached hydrogens (tertiary/aromatic N) is 4. The van der Waals surface area contributed by atoms with E-state index >= 15 is 0 Å². The average Bonchev–Trinajstić information content (AvgIpc) is 4.03. The molecule has 3 heterocycles. The minimum absolute atomic E-state index is 0.0153. The molecule has 8 aromatic carbocycles. The lowest BCUT2D eigenvalue weighted by atomic mass is 9.77. The SMILES string of the molecule is CC(C)(C)c1ccnc(-n2c3ccc(C(C)(C)C)cc3c3ccc(Oc4cc(-c5ccccc5)cc(-n5[c-][n+](-c6cc(-c7ccccc7)cc(C(C)(C)c7ccccc7)c6)cc5C(C)(C)c5ccccc5)c4)cc32)c1. The summed E-state index contributed by atoms with van der Waals surface area (Å²) in [5.74, 6) is 2.33. The van der Waals surface area contributed by atoms with Crippen molar-refractivity contribution in [2.24, 2.45) is 0 Å². The fourth-order valence-corrected chi connectivity index (χ4v) is 10.6. The van der Waals surface area contributed by atoms with Crippen molar-refractivity contribution in [1.82, 2.24) is 14.1 Å². The van der Waals surface area contributed by atoms with Crippen LogP contribution in [0.1, 0.15) is 103 Å². The zero-order chi connectivity index (χ0) is 52.3. The number of fused-ring (bicyclic) bond motifs is 3. The monoisotopic (exact) mass is 979 g/mol. The summed E-state index contributed by atoms with van der Waals surface area (Å²) in [7, 11) is 0. The highest BCUT2D eigenvalue weighted by Crippen LogP contribution is 2.41. The molecule has 0 saturated heterocycles. The first-order valence-electron chi connectivity index (χ1n) is 26.3. The Morgan fingerprint density at radius 3 is 1.64 bits per heavy atom. The van der Waals surface area contributed by atoms with E-state index in [1.54, 1.807) is 0 Å². The van der Waals surface area contributed by atoms with E-state index in [-0.39, 0.29) is 16.2 Å². The molecule has 0 spiro atoms. The predicted octanol–water partition coefficient (Wildman–Crippen LogP) is 17.4. The van der Waals surface area contributed by atoms with Crippen LogP contribution in [0.5, 0.6) is 11.5 Å². The van der Waals surface area contributed by atoms with Gasteiger partial charge in [-0.1, -0.05) is 203 Å². The van der Waals surface area contributed by atoms with Crippen LogP contribution in [0.25, 0.3) is 61.3 Å². The van der Waals surface area contributed by atoms with E-state index in [2.05, 4.69) is 302 Å². The van der Waals surface area contributed by atoms with Gasteiger partial charge in [0.05, 0.1) is 28.1 Å². The van der Waals surface area contributed by atoms with Crippen LogP contribution < -0.4 is 9.30 Å². The number of hydrogen-bond acceptors (Lipinski definition) is 2. The fourth-order valence-electron chi connectivity index (χ4n) is 10.6. The average molecular weight is 979 g/mol. The third kappa shape index (κ3) is 9.49. The van der Waals surface area contributed by atoms with E-state index < -0.39 is 5.41 Å². The zero-order valence-corrected chi connectivity index (χ0v) is 45.0. The number of pyridine rings is 1. The lowest BCUT2D eigenvalue weighted by Gasteiger charge is -2.28. The van der Waals surface area contributed by atoms with Crippen LogP contribution in [0, 0.1) is 6.33 Å². The first kappa shape index (κ1) is 49.0. The van der Waals surface area contributed by atoms with Crippen molar-refractivity contribution in [2.45, 2.75) is 90.9 Å². The zero-order valence-electron chi connectivity index (χ0n) is 45.0. The van der Waals surface area contributed by atoms with Gasteiger partial charge in [-0.05, 0) is 128 Å². The number of hydrogen-bond donors (Lipinski definition) is 0. The molecule has 0 aliphatic rings. The summed E-state index contributed by atoms with van der Waals surface area (Å²) in [5.41, 5.74) is 15.0. The molecule has 11 aromatic rings. The minimum Gasteiger partial charge on any atom is -0.458 e. The normalized spacial score (nSPS) is 12.4. The van der Waals surface area contributed by atoms with Crippen molar-refractivity contribution in [3.8, 4) is 50.9 Å². The highest BCUT2D eigenvalue weighted by molar-refractivity contribution is 6.09. The van der Waals surface area contributed by atoms with Crippen LogP contribution in [0.2, 0.25) is 0 Å². The maximum absolute atomic E-state index is 7.15. The Morgan fingerprint density at radius 2 is 1.01 bits per heavy atom. The molecule has 5 nitrogen and oxygen atoms in total. The number of rotatable bonds is 11. The summed E-state index contributed by atoms with van der Waals surface area (Å²) >= 11 is 0. The summed E-state index contributed by atoms with van der Waals surface area (Å²) in [6.45, 7) is 22.8. The summed E-state index contributed by atoms with van der Waals surface area (Å²) in [5, 5.41) is 2.34. The minimum atomic E-state index is -0.445. The summed E-state index contributed by atoms with van der Waals surface area (Å²) < 4.78 is 13.9. The van der Waals surface area contributed by atoms with Gasteiger partial charge in [-0.25, -0.2) is 4.98 Å². The van der Waals surface area contributed by atoms with E-state index in [1.165, 1.54) is 33.2 Å². The van der Waals surface area contributed by atoms with Crippen molar-refractivity contribution in [2.75, 3.05) is 0 Å². The molecule has 0 N–H and O–H groups in total. The molecule has 0 aliphatic carbocycles.